The van der Waals surface area contributed by atoms with Crippen LogP contribution in [0.1, 0.15) is 23.7 Å². The lowest BCUT2D eigenvalue weighted by atomic mass is 10.1. The number of ether oxygens (including phenoxy) is 1. The molecule has 94 valence electrons. The Morgan fingerprint density at radius 2 is 2.29 bits per heavy atom. The van der Waals surface area contributed by atoms with Crippen LogP contribution >= 0.6 is 0 Å². The Bertz CT molecular complexity index is 391. The van der Waals surface area contributed by atoms with Gasteiger partial charge in [-0.05, 0) is 24.6 Å². The van der Waals surface area contributed by atoms with Crippen molar-refractivity contribution >= 4 is 5.91 Å². The van der Waals surface area contributed by atoms with Crippen LogP contribution in [0.25, 0.3) is 0 Å². The molecule has 0 fully saturated rings. The maximum atomic E-state index is 13.4. The number of methoxy groups -OCH3 is 1. The molecule has 0 radical (unpaired) electrons. The number of halogens is 1. The van der Waals surface area contributed by atoms with Gasteiger partial charge >= 0.3 is 0 Å². The fourth-order valence-electron chi connectivity index (χ4n) is 1.35. The van der Waals surface area contributed by atoms with Crippen molar-refractivity contribution in [1.29, 1.82) is 0 Å². The molecule has 0 spiro atoms. The molecule has 0 aliphatic carbocycles. The normalized spacial score (nSPS) is 12.0. The van der Waals surface area contributed by atoms with Gasteiger partial charge in [0.25, 0.3) is 5.91 Å². The van der Waals surface area contributed by atoms with Crippen LogP contribution in [-0.4, -0.2) is 30.8 Å². The summed E-state index contributed by atoms with van der Waals surface area (Å²) in [6.45, 7) is 1.71. The first-order valence-corrected chi connectivity index (χ1v) is 5.37. The molecular formula is C12H16FNO3. The number of carbonyl (C=O) groups is 1. The van der Waals surface area contributed by atoms with Gasteiger partial charge < -0.3 is 15.2 Å². The molecule has 1 aromatic rings. The molecule has 0 saturated heterocycles. The van der Waals surface area contributed by atoms with E-state index in [2.05, 4.69) is 5.32 Å². The summed E-state index contributed by atoms with van der Waals surface area (Å²) >= 11 is 0. The summed E-state index contributed by atoms with van der Waals surface area (Å²) in [6.07, 6.45) is 0.612. The van der Waals surface area contributed by atoms with Gasteiger partial charge in [-0.1, -0.05) is 6.92 Å². The van der Waals surface area contributed by atoms with Gasteiger partial charge in [-0.25, -0.2) is 4.39 Å². The number of amides is 1. The largest absolute Gasteiger partial charge is 0.494 e. The highest BCUT2D eigenvalue weighted by Gasteiger charge is 2.13. The number of hydrogen-bond donors (Lipinski definition) is 2. The van der Waals surface area contributed by atoms with E-state index in [-0.39, 0.29) is 24.0 Å². The summed E-state index contributed by atoms with van der Waals surface area (Å²) in [5.41, 5.74) is 0.204. The van der Waals surface area contributed by atoms with Crippen molar-refractivity contribution in [2.75, 3.05) is 13.7 Å². The van der Waals surface area contributed by atoms with Crippen molar-refractivity contribution in [2.24, 2.45) is 0 Å². The zero-order valence-electron chi connectivity index (χ0n) is 9.87. The van der Waals surface area contributed by atoms with Crippen LogP contribution in [0.4, 0.5) is 4.39 Å². The second kappa shape index (κ2) is 6.20. The highest BCUT2D eigenvalue weighted by atomic mass is 19.1. The van der Waals surface area contributed by atoms with Crippen molar-refractivity contribution in [3.8, 4) is 5.75 Å². The minimum atomic E-state index is -0.586. The highest BCUT2D eigenvalue weighted by Crippen LogP contribution is 2.17. The van der Waals surface area contributed by atoms with Crippen LogP contribution in [0.3, 0.4) is 0 Å². The predicted molar refractivity (Wildman–Crippen MR) is 61.6 cm³/mol. The number of benzene rings is 1. The molecular weight excluding hydrogens is 225 g/mol. The van der Waals surface area contributed by atoms with Gasteiger partial charge in [-0.2, -0.15) is 0 Å². The summed E-state index contributed by atoms with van der Waals surface area (Å²) in [7, 11) is 1.36. The predicted octanol–water partition coefficient (Wildman–Crippen LogP) is 1.34. The van der Waals surface area contributed by atoms with E-state index in [1.165, 1.54) is 19.2 Å². The van der Waals surface area contributed by atoms with E-state index < -0.39 is 11.7 Å². The van der Waals surface area contributed by atoms with E-state index in [0.717, 1.165) is 6.07 Å². The topological polar surface area (TPSA) is 58.6 Å². The van der Waals surface area contributed by atoms with Gasteiger partial charge in [0.1, 0.15) is 0 Å². The minimum Gasteiger partial charge on any atom is -0.494 e. The minimum absolute atomic E-state index is 0.0933. The second-order valence-electron chi connectivity index (χ2n) is 3.61. The molecule has 0 aliphatic rings. The van der Waals surface area contributed by atoms with Crippen LogP contribution in [-0.2, 0) is 0 Å². The van der Waals surface area contributed by atoms with Crippen molar-refractivity contribution < 1.29 is 19.0 Å². The Morgan fingerprint density at radius 3 is 2.76 bits per heavy atom. The van der Waals surface area contributed by atoms with Crippen molar-refractivity contribution in [3.63, 3.8) is 0 Å². The molecule has 0 bridgehead atoms. The van der Waals surface area contributed by atoms with Gasteiger partial charge in [-0.15, -0.1) is 0 Å². The van der Waals surface area contributed by atoms with E-state index in [4.69, 9.17) is 9.84 Å². The molecule has 0 saturated carbocycles. The smallest absolute Gasteiger partial charge is 0.251 e. The number of rotatable bonds is 5. The van der Waals surface area contributed by atoms with E-state index in [9.17, 15) is 9.18 Å². The zero-order valence-corrected chi connectivity index (χ0v) is 9.87. The van der Waals surface area contributed by atoms with E-state index in [0.29, 0.717) is 6.42 Å². The third kappa shape index (κ3) is 3.42. The van der Waals surface area contributed by atoms with Gasteiger partial charge in [0, 0.05) is 5.56 Å². The molecule has 0 heterocycles. The van der Waals surface area contributed by atoms with Crippen LogP contribution in [0, 0.1) is 5.82 Å². The third-order valence-corrected chi connectivity index (χ3v) is 2.46. The van der Waals surface area contributed by atoms with Gasteiger partial charge in [0.05, 0.1) is 19.8 Å². The average molecular weight is 241 g/mol. The summed E-state index contributed by atoms with van der Waals surface area (Å²) < 4.78 is 18.1. The molecule has 0 aliphatic heterocycles. The summed E-state index contributed by atoms with van der Waals surface area (Å²) in [4.78, 5) is 11.7. The standard InChI is InChI=1S/C12H16FNO3/c1-3-9(7-15)14-12(16)8-4-5-11(17-2)10(13)6-8/h4-6,9,15H,3,7H2,1-2H3,(H,14,16). The first-order chi connectivity index (χ1) is 8.12. The highest BCUT2D eigenvalue weighted by molar-refractivity contribution is 5.94. The Kier molecular flexibility index (Phi) is 4.90. The molecule has 2 N–H and O–H groups in total. The average Bonchev–Trinajstić information content (AvgIpc) is 2.35. The summed E-state index contributed by atoms with van der Waals surface area (Å²) in [5.74, 6) is -0.902. The number of aliphatic hydroxyl groups excluding tert-OH is 1. The molecule has 1 atom stereocenters. The first kappa shape index (κ1) is 13.4. The van der Waals surface area contributed by atoms with Crippen molar-refractivity contribution in [2.45, 2.75) is 19.4 Å². The van der Waals surface area contributed by atoms with Crippen molar-refractivity contribution in [1.82, 2.24) is 5.32 Å². The SMILES string of the molecule is CCC(CO)NC(=O)c1ccc(OC)c(F)c1. The van der Waals surface area contributed by atoms with E-state index >= 15 is 0 Å². The molecule has 17 heavy (non-hydrogen) atoms. The Morgan fingerprint density at radius 1 is 1.59 bits per heavy atom. The van der Waals surface area contributed by atoms with E-state index in [1.807, 2.05) is 6.92 Å². The number of aliphatic hydroxyl groups is 1. The molecule has 0 aromatic heterocycles. The first-order valence-electron chi connectivity index (χ1n) is 5.37. The summed E-state index contributed by atoms with van der Waals surface area (Å²) in [6, 6.07) is 3.66. The number of hydrogen-bond acceptors (Lipinski definition) is 3. The quantitative estimate of drug-likeness (QED) is 0.817. The molecule has 5 heteroatoms. The monoisotopic (exact) mass is 241 g/mol. The maximum absolute atomic E-state index is 13.4. The Hall–Kier alpha value is -1.62. The fourth-order valence-corrected chi connectivity index (χ4v) is 1.35. The summed E-state index contributed by atoms with van der Waals surface area (Å²) in [5, 5.41) is 11.6. The molecule has 1 aromatic carbocycles. The van der Waals surface area contributed by atoms with E-state index in [1.54, 1.807) is 0 Å². The third-order valence-electron chi connectivity index (χ3n) is 2.46. The van der Waals surface area contributed by atoms with Crippen LogP contribution in [0.15, 0.2) is 18.2 Å². The number of carbonyl (C=O) groups excluding carboxylic acids is 1. The van der Waals surface area contributed by atoms with Crippen molar-refractivity contribution in [3.05, 3.63) is 29.6 Å². The fraction of sp³-hybridized carbons (Fsp3) is 0.417. The van der Waals surface area contributed by atoms with Crippen LogP contribution in [0.2, 0.25) is 0 Å². The molecule has 1 amide bonds. The number of nitrogens with one attached hydrogen (secondary N) is 1. The zero-order chi connectivity index (χ0) is 12.8. The lowest BCUT2D eigenvalue weighted by Gasteiger charge is -2.14. The van der Waals surface area contributed by atoms with Gasteiger partial charge in [0.2, 0.25) is 0 Å². The lowest BCUT2D eigenvalue weighted by molar-refractivity contribution is 0.0914. The molecule has 1 rings (SSSR count). The van der Waals surface area contributed by atoms with Gasteiger partial charge in [0.15, 0.2) is 11.6 Å². The van der Waals surface area contributed by atoms with Crippen LogP contribution < -0.4 is 10.1 Å². The maximum Gasteiger partial charge on any atom is 0.251 e. The lowest BCUT2D eigenvalue weighted by Crippen LogP contribution is -2.36. The molecule has 4 nitrogen and oxygen atoms in total. The molecule has 1 unspecified atom stereocenters. The van der Waals surface area contributed by atoms with Crippen LogP contribution in [0.5, 0.6) is 5.75 Å². The second-order valence-corrected chi connectivity index (χ2v) is 3.61. The Balaban J connectivity index is 2.79. The van der Waals surface area contributed by atoms with Gasteiger partial charge in [-0.3, -0.25) is 4.79 Å². The Labute approximate surface area is 99.4 Å².